The van der Waals surface area contributed by atoms with Crippen molar-refractivity contribution in [3.05, 3.63) is 65.0 Å². The molecule has 2 aliphatic rings. The highest BCUT2D eigenvalue weighted by Gasteiger charge is 2.36. The van der Waals surface area contributed by atoms with Gasteiger partial charge in [0.15, 0.2) is 0 Å². The number of nitrogens with zero attached hydrogens (tertiary/aromatic N) is 3. The second kappa shape index (κ2) is 8.92. The van der Waals surface area contributed by atoms with E-state index < -0.39 is 11.7 Å². The Kier molecular flexibility index (Phi) is 6.22. The van der Waals surface area contributed by atoms with Crippen molar-refractivity contribution in [1.82, 2.24) is 14.8 Å². The molecule has 1 aromatic carbocycles. The number of alkyl halides is 3. The maximum atomic E-state index is 12.7. The Bertz CT molecular complexity index is 965. The maximum absolute atomic E-state index is 12.7. The summed E-state index contributed by atoms with van der Waals surface area (Å²) in [5.41, 5.74) is 2.07. The molecule has 1 atom stereocenters. The van der Waals surface area contributed by atoms with Gasteiger partial charge < -0.3 is 9.80 Å². The molecule has 2 aromatic rings. The number of pyridine rings is 1. The van der Waals surface area contributed by atoms with Crippen molar-refractivity contribution in [2.24, 2.45) is 5.92 Å². The normalized spacial score (nSPS) is 20.1. The zero-order valence-corrected chi connectivity index (χ0v) is 17.9. The highest BCUT2D eigenvalue weighted by atomic mass is 19.4. The van der Waals surface area contributed by atoms with E-state index in [9.17, 15) is 22.8 Å². The van der Waals surface area contributed by atoms with Crippen molar-refractivity contribution >= 4 is 11.8 Å². The largest absolute Gasteiger partial charge is 0.416 e. The van der Waals surface area contributed by atoms with E-state index in [1.54, 1.807) is 18.1 Å². The van der Waals surface area contributed by atoms with Gasteiger partial charge in [0.25, 0.3) is 0 Å². The molecule has 4 rings (SSSR count). The SMILES string of the molecule is CN1CC(C(=O)N2CCC(c3ccc(Cc4ccc(C(F)(F)F)cc4)cn3)CC2)CC1=O. The average molecular weight is 445 g/mol. The van der Waals surface area contributed by atoms with Crippen molar-refractivity contribution in [2.45, 2.75) is 37.8 Å². The Balaban J connectivity index is 1.30. The van der Waals surface area contributed by atoms with Crippen LogP contribution in [0.3, 0.4) is 0 Å². The Morgan fingerprint density at radius 2 is 1.72 bits per heavy atom. The van der Waals surface area contributed by atoms with Gasteiger partial charge in [0.2, 0.25) is 11.8 Å². The Morgan fingerprint density at radius 1 is 1.06 bits per heavy atom. The van der Waals surface area contributed by atoms with Crippen LogP contribution in [0.15, 0.2) is 42.6 Å². The number of hydrogen-bond acceptors (Lipinski definition) is 3. The Morgan fingerprint density at radius 3 is 2.25 bits per heavy atom. The summed E-state index contributed by atoms with van der Waals surface area (Å²) in [5.74, 6) is 0.138. The van der Waals surface area contributed by atoms with Crippen molar-refractivity contribution in [1.29, 1.82) is 0 Å². The molecule has 0 aliphatic carbocycles. The first-order valence-corrected chi connectivity index (χ1v) is 10.8. The summed E-state index contributed by atoms with van der Waals surface area (Å²) < 4.78 is 38.1. The van der Waals surface area contributed by atoms with E-state index in [-0.39, 0.29) is 23.7 Å². The van der Waals surface area contributed by atoms with Crippen LogP contribution >= 0.6 is 0 Å². The number of halogens is 3. The minimum Gasteiger partial charge on any atom is -0.345 e. The molecule has 32 heavy (non-hydrogen) atoms. The molecular formula is C24H26F3N3O2. The smallest absolute Gasteiger partial charge is 0.345 e. The van der Waals surface area contributed by atoms with Crippen LogP contribution in [0.2, 0.25) is 0 Å². The van der Waals surface area contributed by atoms with Crippen LogP contribution in [0.5, 0.6) is 0 Å². The second-order valence-corrected chi connectivity index (χ2v) is 8.74. The third kappa shape index (κ3) is 4.95. The zero-order chi connectivity index (χ0) is 22.9. The molecule has 0 radical (unpaired) electrons. The maximum Gasteiger partial charge on any atom is 0.416 e. The molecule has 2 amide bonds. The summed E-state index contributed by atoms with van der Waals surface area (Å²) in [6, 6.07) is 9.15. The van der Waals surface area contributed by atoms with Crippen molar-refractivity contribution in [3.63, 3.8) is 0 Å². The van der Waals surface area contributed by atoms with Gasteiger partial charge in [-0.3, -0.25) is 14.6 Å². The van der Waals surface area contributed by atoms with Crippen LogP contribution in [-0.4, -0.2) is 53.3 Å². The van der Waals surface area contributed by atoms with Gasteiger partial charge in [-0.25, -0.2) is 0 Å². The van der Waals surface area contributed by atoms with E-state index >= 15 is 0 Å². The molecule has 170 valence electrons. The number of hydrogen-bond donors (Lipinski definition) is 0. The summed E-state index contributed by atoms with van der Waals surface area (Å²) in [4.78, 5) is 32.5. The van der Waals surface area contributed by atoms with Gasteiger partial charge in [0.05, 0.1) is 11.5 Å². The van der Waals surface area contributed by atoms with E-state index in [0.29, 0.717) is 32.5 Å². The molecule has 0 saturated carbocycles. The molecule has 5 nitrogen and oxygen atoms in total. The minimum atomic E-state index is -4.33. The molecule has 2 aliphatic heterocycles. The zero-order valence-electron chi connectivity index (χ0n) is 17.9. The summed E-state index contributed by atoms with van der Waals surface area (Å²) in [7, 11) is 1.73. The second-order valence-electron chi connectivity index (χ2n) is 8.74. The first kappa shape index (κ1) is 22.3. The van der Waals surface area contributed by atoms with Crippen LogP contribution in [0.25, 0.3) is 0 Å². The number of carbonyl (C=O) groups excluding carboxylic acids is 2. The van der Waals surface area contributed by atoms with Crippen molar-refractivity contribution in [2.75, 3.05) is 26.7 Å². The van der Waals surface area contributed by atoms with E-state index in [0.717, 1.165) is 41.8 Å². The first-order chi connectivity index (χ1) is 15.2. The van der Waals surface area contributed by atoms with Gasteiger partial charge in [-0.05, 0) is 48.6 Å². The lowest BCUT2D eigenvalue weighted by Gasteiger charge is -2.33. The molecule has 0 spiro atoms. The number of aromatic nitrogens is 1. The predicted molar refractivity (Wildman–Crippen MR) is 113 cm³/mol. The van der Waals surface area contributed by atoms with Crippen LogP contribution < -0.4 is 0 Å². The molecule has 1 unspecified atom stereocenters. The molecular weight excluding hydrogens is 419 g/mol. The average Bonchev–Trinajstić information content (AvgIpc) is 3.12. The molecule has 0 bridgehead atoms. The minimum absolute atomic E-state index is 0.0267. The van der Waals surface area contributed by atoms with Gasteiger partial charge in [-0.2, -0.15) is 13.2 Å². The van der Waals surface area contributed by atoms with Crippen LogP contribution in [-0.2, 0) is 22.2 Å². The van der Waals surface area contributed by atoms with Gasteiger partial charge >= 0.3 is 6.18 Å². The van der Waals surface area contributed by atoms with E-state index in [1.807, 2.05) is 17.0 Å². The quantitative estimate of drug-likeness (QED) is 0.718. The Hall–Kier alpha value is -2.90. The standard InChI is InChI=1S/C24H26F3N3O2/c1-29-15-19(13-22(29)31)23(32)30-10-8-18(9-11-30)21-7-4-17(14-28-21)12-16-2-5-20(6-3-16)24(25,26)27/h2-7,14,18-19H,8-13,15H2,1H3. The fourth-order valence-electron chi connectivity index (χ4n) is 4.51. The molecule has 2 saturated heterocycles. The number of benzene rings is 1. The molecule has 1 aromatic heterocycles. The third-order valence-corrected chi connectivity index (χ3v) is 6.45. The lowest BCUT2D eigenvalue weighted by atomic mass is 9.91. The number of amides is 2. The topological polar surface area (TPSA) is 53.5 Å². The van der Waals surface area contributed by atoms with Gasteiger partial charge in [-0.15, -0.1) is 0 Å². The summed E-state index contributed by atoms with van der Waals surface area (Å²) >= 11 is 0. The Labute approximate surface area is 185 Å². The number of piperidine rings is 1. The van der Waals surface area contributed by atoms with Crippen molar-refractivity contribution < 1.29 is 22.8 Å². The lowest BCUT2D eigenvalue weighted by Crippen LogP contribution is -2.42. The molecule has 2 fully saturated rings. The summed E-state index contributed by atoms with van der Waals surface area (Å²) in [6.45, 7) is 1.82. The number of carbonyl (C=O) groups is 2. The third-order valence-electron chi connectivity index (χ3n) is 6.45. The lowest BCUT2D eigenvalue weighted by molar-refractivity contribution is -0.138. The first-order valence-electron chi connectivity index (χ1n) is 10.8. The highest BCUT2D eigenvalue weighted by molar-refractivity contribution is 5.89. The summed E-state index contributed by atoms with van der Waals surface area (Å²) in [5, 5.41) is 0. The van der Waals surface area contributed by atoms with E-state index in [4.69, 9.17) is 0 Å². The summed E-state index contributed by atoms with van der Waals surface area (Å²) in [6.07, 6.45) is -0.0670. The van der Waals surface area contributed by atoms with Crippen LogP contribution in [0, 0.1) is 5.92 Å². The predicted octanol–water partition coefficient (Wildman–Crippen LogP) is 3.88. The van der Waals surface area contributed by atoms with E-state index in [1.165, 1.54) is 12.1 Å². The van der Waals surface area contributed by atoms with Gasteiger partial charge in [-0.1, -0.05) is 18.2 Å². The van der Waals surface area contributed by atoms with E-state index in [2.05, 4.69) is 4.98 Å². The fourth-order valence-corrected chi connectivity index (χ4v) is 4.51. The van der Waals surface area contributed by atoms with Crippen LogP contribution in [0.4, 0.5) is 13.2 Å². The fraction of sp³-hybridized carbons (Fsp3) is 0.458. The van der Waals surface area contributed by atoms with Gasteiger partial charge in [0, 0.05) is 50.9 Å². The highest BCUT2D eigenvalue weighted by Crippen LogP contribution is 2.30. The molecule has 0 N–H and O–H groups in total. The van der Waals surface area contributed by atoms with Gasteiger partial charge in [0.1, 0.15) is 0 Å². The molecule has 8 heteroatoms. The monoisotopic (exact) mass is 445 g/mol. The number of rotatable bonds is 4. The molecule has 3 heterocycles. The number of likely N-dealkylation sites (tertiary alicyclic amines) is 2. The van der Waals surface area contributed by atoms with Crippen molar-refractivity contribution in [3.8, 4) is 0 Å². The van der Waals surface area contributed by atoms with Crippen LogP contribution in [0.1, 0.15) is 47.6 Å².